The summed E-state index contributed by atoms with van der Waals surface area (Å²) in [7, 11) is -2.16. The minimum Gasteiger partial charge on any atom is -0.383 e. The molecule has 34 heavy (non-hydrogen) atoms. The van der Waals surface area contributed by atoms with Crippen LogP contribution in [0, 0.1) is 5.92 Å². The van der Waals surface area contributed by atoms with Crippen LogP contribution in [0.4, 0.5) is 0 Å². The Bertz CT molecular complexity index is 1210. The van der Waals surface area contributed by atoms with Crippen molar-refractivity contribution >= 4 is 27.3 Å². The minimum absolute atomic E-state index is 0.0249. The molecule has 0 fully saturated rings. The van der Waals surface area contributed by atoms with Gasteiger partial charge < -0.3 is 14.2 Å². The van der Waals surface area contributed by atoms with Gasteiger partial charge in [0.1, 0.15) is 0 Å². The molecule has 0 unspecified atom stereocenters. The molecule has 2 aromatic carbocycles. The van der Waals surface area contributed by atoms with E-state index in [0.29, 0.717) is 41.5 Å². The average Bonchev–Trinajstić information content (AvgIpc) is 3.20. The normalized spacial score (nSPS) is 11.7. The number of ether oxygens (including phenoxy) is 1. The van der Waals surface area contributed by atoms with Crippen molar-refractivity contribution in [3.05, 3.63) is 82.6 Å². The van der Waals surface area contributed by atoms with Gasteiger partial charge in [0.05, 0.1) is 30.8 Å². The Balaban J connectivity index is 1.95. The number of methoxy groups -OCH3 is 1. The summed E-state index contributed by atoms with van der Waals surface area (Å²) in [6.45, 7) is 5.36. The van der Waals surface area contributed by atoms with E-state index >= 15 is 0 Å². The minimum atomic E-state index is -3.72. The van der Waals surface area contributed by atoms with E-state index in [1.54, 1.807) is 65.1 Å². The van der Waals surface area contributed by atoms with E-state index in [1.807, 2.05) is 19.9 Å². The molecule has 7 nitrogen and oxygen atoms in total. The first kappa shape index (κ1) is 25.9. The third kappa shape index (κ3) is 6.68. The van der Waals surface area contributed by atoms with Crippen molar-refractivity contribution in [2.24, 2.45) is 5.92 Å². The van der Waals surface area contributed by atoms with Crippen LogP contribution >= 0.6 is 11.6 Å². The summed E-state index contributed by atoms with van der Waals surface area (Å²) < 4.78 is 33.3. The Hall–Kier alpha value is -2.68. The number of amides is 1. The molecule has 182 valence electrons. The fourth-order valence-electron chi connectivity index (χ4n) is 3.71. The Kier molecular flexibility index (Phi) is 8.88. The van der Waals surface area contributed by atoms with Crippen molar-refractivity contribution in [1.29, 1.82) is 0 Å². The van der Waals surface area contributed by atoms with Crippen LogP contribution in [-0.4, -0.2) is 49.0 Å². The van der Waals surface area contributed by atoms with Gasteiger partial charge in [-0.15, -0.1) is 0 Å². The predicted molar refractivity (Wildman–Crippen MR) is 132 cm³/mol. The maximum atomic E-state index is 13.3. The lowest BCUT2D eigenvalue weighted by atomic mass is 10.1. The predicted octanol–water partition coefficient (Wildman–Crippen LogP) is 4.46. The summed E-state index contributed by atoms with van der Waals surface area (Å²) in [5.41, 5.74) is 1.79. The molecule has 0 spiro atoms. The van der Waals surface area contributed by atoms with Gasteiger partial charge in [-0.3, -0.25) is 4.79 Å². The van der Waals surface area contributed by atoms with E-state index in [2.05, 4.69) is 4.98 Å². The summed E-state index contributed by atoms with van der Waals surface area (Å²) in [6, 6.07) is 15.8. The lowest BCUT2D eigenvalue weighted by molar-refractivity contribution is 0.0717. The number of rotatable bonds is 11. The van der Waals surface area contributed by atoms with Crippen LogP contribution in [0.25, 0.3) is 0 Å². The Morgan fingerprint density at radius 1 is 1.15 bits per heavy atom. The number of carbonyl (C=O) groups excluding carboxylic acids is 1. The summed E-state index contributed by atoms with van der Waals surface area (Å²) in [6.07, 6.45) is 1.53. The average molecular weight is 504 g/mol. The molecule has 0 bridgehead atoms. The number of hydrogen-bond acceptors (Lipinski definition) is 5. The summed E-state index contributed by atoms with van der Waals surface area (Å²) in [4.78, 5) is 19.3. The van der Waals surface area contributed by atoms with E-state index in [1.165, 1.54) is 6.20 Å². The van der Waals surface area contributed by atoms with Crippen molar-refractivity contribution in [3.8, 4) is 0 Å². The zero-order chi connectivity index (χ0) is 24.7. The van der Waals surface area contributed by atoms with E-state index < -0.39 is 9.84 Å². The molecule has 1 heterocycles. The Morgan fingerprint density at radius 2 is 1.88 bits per heavy atom. The molecule has 9 heteroatoms. The van der Waals surface area contributed by atoms with Crippen LogP contribution in [0.3, 0.4) is 0 Å². The first-order chi connectivity index (χ1) is 16.2. The fraction of sp³-hybridized carbons (Fsp3) is 0.360. The number of hydrogen-bond donors (Lipinski definition) is 0. The first-order valence-corrected chi connectivity index (χ1v) is 13.1. The van der Waals surface area contributed by atoms with Gasteiger partial charge in [-0.1, -0.05) is 61.8 Å². The molecule has 1 aromatic heterocycles. The molecule has 0 radical (unpaired) electrons. The topological polar surface area (TPSA) is 81.5 Å². The molecule has 1 amide bonds. The van der Waals surface area contributed by atoms with Crippen molar-refractivity contribution < 1.29 is 17.9 Å². The third-order valence-electron chi connectivity index (χ3n) is 5.20. The summed E-state index contributed by atoms with van der Waals surface area (Å²) in [5.74, 6) is -0.127. The molecule has 0 aliphatic rings. The standard InChI is InChI=1S/C25H30ClN3O4S/c1-19(2)16-28(24(30)21-10-7-11-22(26)14-21)17-23-15-27-25(29(23)12-13-33-3)34(31,32)18-20-8-5-4-6-9-20/h4-11,14-15,19H,12-13,16-18H2,1-3H3. The van der Waals surface area contributed by atoms with Crippen molar-refractivity contribution in [2.75, 3.05) is 20.3 Å². The smallest absolute Gasteiger partial charge is 0.254 e. The molecule has 0 aliphatic heterocycles. The Morgan fingerprint density at radius 3 is 2.53 bits per heavy atom. The first-order valence-electron chi connectivity index (χ1n) is 11.1. The number of sulfone groups is 1. The van der Waals surface area contributed by atoms with Crippen molar-refractivity contribution in [1.82, 2.24) is 14.5 Å². The van der Waals surface area contributed by atoms with Gasteiger partial charge in [0.2, 0.25) is 15.0 Å². The SMILES string of the molecule is COCCn1c(CN(CC(C)C)C(=O)c2cccc(Cl)c2)cnc1S(=O)(=O)Cc1ccccc1. The van der Waals surface area contributed by atoms with Gasteiger partial charge in [-0.05, 0) is 29.7 Å². The molecule has 0 saturated heterocycles. The highest BCUT2D eigenvalue weighted by molar-refractivity contribution is 7.90. The lowest BCUT2D eigenvalue weighted by Crippen LogP contribution is -2.34. The zero-order valence-electron chi connectivity index (χ0n) is 19.6. The van der Waals surface area contributed by atoms with E-state index in [9.17, 15) is 13.2 Å². The fourth-order valence-corrected chi connectivity index (χ4v) is 5.41. The van der Waals surface area contributed by atoms with Crippen LogP contribution in [0.5, 0.6) is 0 Å². The molecule has 3 rings (SSSR count). The Labute approximate surface area is 206 Å². The number of nitrogens with zero attached hydrogens (tertiary/aromatic N) is 3. The number of halogens is 1. The van der Waals surface area contributed by atoms with Crippen molar-refractivity contribution in [3.63, 3.8) is 0 Å². The van der Waals surface area contributed by atoms with Gasteiger partial charge >= 0.3 is 0 Å². The highest BCUT2D eigenvalue weighted by Gasteiger charge is 2.26. The van der Waals surface area contributed by atoms with Crippen LogP contribution in [0.2, 0.25) is 5.02 Å². The number of imidazole rings is 1. The van der Waals surface area contributed by atoms with Crippen LogP contribution in [0.1, 0.15) is 35.5 Å². The van der Waals surface area contributed by atoms with Gasteiger partial charge in [-0.25, -0.2) is 13.4 Å². The van der Waals surface area contributed by atoms with Gasteiger partial charge in [-0.2, -0.15) is 0 Å². The van der Waals surface area contributed by atoms with Gasteiger partial charge in [0.25, 0.3) is 5.91 Å². The van der Waals surface area contributed by atoms with E-state index in [-0.39, 0.29) is 29.3 Å². The quantitative estimate of drug-likeness (QED) is 0.386. The summed E-state index contributed by atoms with van der Waals surface area (Å²) in [5, 5.41) is 0.456. The maximum absolute atomic E-state index is 13.3. The number of benzene rings is 2. The molecule has 0 N–H and O–H groups in total. The lowest BCUT2D eigenvalue weighted by Gasteiger charge is -2.25. The largest absolute Gasteiger partial charge is 0.383 e. The van der Waals surface area contributed by atoms with Crippen molar-refractivity contribution in [2.45, 2.75) is 37.8 Å². The molecule has 3 aromatic rings. The number of carbonyl (C=O) groups is 1. The second-order valence-corrected chi connectivity index (χ2v) is 10.8. The van der Waals surface area contributed by atoms with Crippen LogP contribution in [-0.2, 0) is 33.4 Å². The molecule has 0 saturated carbocycles. The van der Waals surface area contributed by atoms with E-state index in [4.69, 9.17) is 16.3 Å². The van der Waals surface area contributed by atoms with E-state index in [0.717, 1.165) is 0 Å². The summed E-state index contributed by atoms with van der Waals surface area (Å²) >= 11 is 6.10. The monoisotopic (exact) mass is 503 g/mol. The van der Waals surface area contributed by atoms with Crippen LogP contribution < -0.4 is 0 Å². The maximum Gasteiger partial charge on any atom is 0.254 e. The highest BCUT2D eigenvalue weighted by atomic mass is 35.5. The second-order valence-electron chi connectivity index (χ2n) is 8.51. The highest BCUT2D eigenvalue weighted by Crippen LogP contribution is 2.21. The second kappa shape index (κ2) is 11.6. The molecule has 0 aliphatic carbocycles. The third-order valence-corrected chi connectivity index (χ3v) is 7.03. The molecular weight excluding hydrogens is 474 g/mol. The molecular formula is C25H30ClN3O4S. The van der Waals surface area contributed by atoms with Gasteiger partial charge in [0, 0.05) is 30.8 Å². The molecule has 0 atom stereocenters. The number of aromatic nitrogens is 2. The zero-order valence-corrected chi connectivity index (χ0v) is 21.2. The van der Waals surface area contributed by atoms with Crippen LogP contribution in [0.15, 0.2) is 66.0 Å². The van der Waals surface area contributed by atoms with Gasteiger partial charge in [0.15, 0.2) is 0 Å².